The van der Waals surface area contributed by atoms with Crippen molar-refractivity contribution in [2.75, 3.05) is 13.2 Å². The zero-order valence-electron chi connectivity index (χ0n) is 24.7. The van der Waals surface area contributed by atoms with E-state index >= 15 is 8.78 Å². The molecule has 256 valence electrons. The molecule has 0 amide bonds. The van der Waals surface area contributed by atoms with Crippen LogP contribution < -0.4 is 0 Å². The minimum atomic E-state index is -4.37. The quantitative estimate of drug-likeness (QED) is 0.147. The first kappa shape index (κ1) is 32.8. The smallest absolute Gasteiger partial charge is 0.346 e. The van der Waals surface area contributed by atoms with Gasteiger partial charge in [-0.25, -0.2) is 47.8 Å². The first-order chi connectivity index (χ1) is 23.1. The van der Waals surface area contributed by atoms with Crippen molar-refractivity contribution in [3.63, 3.8) is 0 Å². The standard InChI is InChI=1S/C26H28F2N8O8P2S2/c27-17-21-15-7-39-46(38,48)44-22-16(8-40-45(37,47)43-21)42-26(18(22)28)36-12-34-20-14(30-10-32-24(20)36)6-4-2-1-3-5-13-19-23(31-9-29-13)35(11-33-19)25(17)41-15/h1-2,9-12,15-18,21-22,25-26H,3-8H2,(H,37,47)(H,38,48)/b2-1+/t15?,16?,17-,18-,21-,22-,25?,26?,45-,46-/m1/s1. The summed E-state index contributed by atoms with van der Waals surface area (Å²) in [7, 11) is 0. The zero-order valence-corrected chi connectivity index (χ0v) is 28.3. The fourth-order valence-electron chi connectivity index (χ4n) is 6.27. The van der Waals surface area contributed by atoms with E-state index in [1.807, 2.05) is 12.2 Å². The molecule has 22 heteroatoms. The van der Waals surface area contributed by atoms with Gasteiger partial charge in [-0.1, -0.05) is 36.6 Å². The molecular weight excluding hydrogens is 716 g/mol. The van der Waals surface area contributed by atoms with Crippen LogP contribution in [0.3, 0.4) is 0 Å². The van der Waals surface area contributed by atoms with Gasteiger partial charge < -0.3 is 9.47 Å². The molecule has 0 radical (unpaired) electrons. The summed E-state index contributed by atoms with van der Waals surface area (Å²) in [6.07, 6.45) is -0.789. The molecule has 9 rings (SSSR count). The molecule has 5 aliphatic heterocycles. The lowest BCUT2D eigenvalue weighted by molar-refractivity contribution is -0.0544. The van der Waals surface area contributed by atoms with Gasteiger partial charge in [-0.2, -0.15) is 0 Å². The summed E-state index contributed by atoms with van der Waals surface area (Å²) < 4.78 is 96.3. The third kappa shape index (κ3) is 6.03. The summed E-state index contributed by atoms with van der Waals surface area (Å²) >= 11 is 8.13. The molecule has 9 heterocycles. The molecule has 14 bridgehead atoms. The lowest BCUT2D eigenvalue weighted by Crippen LogP contribution is -2.36. The van der Waals surface area contributed by atoms with Crippen molar-refractivity contribution in [3.8, 4) is 0 Å². The van der Waals surface area contributed by atoms with Gasteiger partial charge in [0, 0.05) is 0 Å². The minimum Gasteiger partial charge on any atom is -0.346 e. The number of nitrogens with zero attached hydrogens (tertiary/aromatic N) is 8. The number of hydrogen-bond acceptors (Lipinski definition) is 14. The van der Waals surface area contributed by atoms with Gasteiger partial charge in [0.1, 0.15) is 48.1 Å². The SMILES string of the molecule is O=[P@@]1(S)OCC2OC3[C@H](F)[C@@H]2O[P@](=O)(S)OCC2OC([C@H](F)[C@@H]2O1)n1cnc2c(ncnc21)CC/C=C/CCc1ncnc2c1ncn23. The maximum Gasteiger partial charge on any atom is 0.386 e. The number of rotatable bonds is 0. The molecule has 4 unspecified atom stereocenters. The summed E-state index contributed by atoms with van der Waals surface area (Å²) in [6, 6.07) is 0. The highest BCUT2D eigenvalue weighted by atomic mass is 32.7. The zero-order chi connectivity index (χ0) is 33.2. The van der Waals surface area contributed by atoms with Crippen LogP contribution in [-0.4, -0.2) is 89.0 Å². The third-order valence-electron chi connectivity index (χ3n) is 8.53. The van der Waals surface area contributed by atoms with Gasteiger partial charge in [-0.05, 0) is 25.7 Å². The molecule has 48 heavy (non-hydrogen) atoms. The summed E-state index contributed by atoms with van der Waals surface area (Å²) in [5.41, 5.74) is 2.75. The van der Waals surface area contributed by atoms with E-state index in [0.717, 1.165) is 0 Å². The van der Waals surface area contributed by atoms with Gasteiger partial charge in [-0.3, -0.25) is 27.2 Å². The molecule has 0 spiro atoms. The molecule has 0 aromatic carbocycles. The Morgan fingerprint density at radius 1 is 0.688 bits per heavy atom. The number of imidazole rings is 2. The average molecular weight is 745 g/mol. The molecule has 4 aromatic heterocycles. The van der Waals surface area contributed by atoms with E-state index in [1.54, 1.807) is 0 Å². The predicted octanol–water partition coefficient (Wildman–Crippen LogP) is 4.47. The van der Waals surface area contributed by atoms with Crippen molar-refractivity contribution in [2.24, 2.45) is 0 Å². The van der Waals surface area contributed by atoms with Gasteiger partial charge in [-0.15, -0.1) is 0 Å². The number of allylic oxidation sites excluding steroid dienone is 2. The number of thiol groups is 2. The molecule has 0 N–H and O–H groups in total. The van der Waals surface area contributed by atoms with Gasteiger partial charge >= 0.3 is 13.6 Å². The largest absolute Gasteiger partial charge is 0.386 e. The summed E-state index contributed by atoms with van der Waals surface area (Å²) in [6.45, 7) is -9.95. The molecular formula is C26H28F2N8O8P2S2. The Balaban J connectivity index is 1.21. The fraction of sp³-hybridized carbons (Fsp3) is 0.538. The highest BCUT2D eigenvalue weighted by molar-refractivity contribution is 8.44. The van der Waals surface area contributed by atoms with E-state index in [-0.39, 0.29) is 0 Å². The molecule has 5 aliphatic rings. The van der Waals surface area contributed by atoms with E-state index in [0.29, 0.717) is 59.4 Å². The monoisotopic (exact) mass is 744 g/mol. The third-order valence-corrected chi connectivity index (χ3v) is 11.8. The summed E-state index contributed by atoms with van der Waals surface area (Å²) in [4.78, 5) is 26.2. The maximum atomic E-state index is 16.2. The van der Waals surface area contributed by atoms with Crippen LogP contribution in [0.4, 0.5) is 8.78 Å². The Morgan fingerprint density at radius 2 is 1.12 bits per heavy atom. The number of hydrogen-bond donors (Lipinski definition) is 2. The van der Waals surface area contributed by atoms with Crippen molar-refractivity contribution in [1.29, 1.82) is 0 Å². The lowest BCUT2D eigenvalue weighted by atomic mass is 10.1. The van der Waals surface area contributed by atoms with E-state index < -0.39 is 76.0 Å². The van der Waals surface area contributed by atoms with Crippen molar-refractivity contribution in [2.45, 2.75) is 74.9 Å². The van der Waals surface area contributed by atoms with Crippen LogP contribution in [0.25, 0.3) is 22.3 Å². The lowest BCUT2D eigenvalue weighted by Gasteiger charge is -2.28. The first-order valence-electron chi connectivity index (χ1n) is 15.0. The van der Waals surface area contributed by atoms with Crippen molar-refractivity contribution >= 4 is 60.4 Å². The van der Waals surface area contributed by atoms with Crippen molar-refractivity contribution < 1.29 is 45.5 Å². The van der Waals surface area contributed by atoms with Crippen LogP contribution in [0.1, 0.15) is 36.7 Å². The predicted molar refractivity (Wildman–Crippen MR) is 169 cm³/mol. The number of aromatic nitrogens is 8. The van der Waals surface area contributed by atoms with Crippen LogP contribution in [0.2, 0.25) is 0 Å². The van der Waals surface area contributed by atoms with Crippen LogP contribution in [0.5, 0.6) is 0 Å². The van der Waals surface area contributed by atoms with E-state index in [2.05, 4.69) is 54.4 Å². The molecule has 0 aliphatic carbocycles. The van der Waals surface area contributed by atoms with Crippen LogP contribution in [0.15, 0.2) is 37.5 Å². The second-order valence-corrected chi connectivity index (χ2v) is 17.3. The Labute approximate surface area is 281 Å². The van der Waals surface area contributed by atoms with Gasteiger partial charge in [0.15, 0.2) is 36.1 Å². The second-order valence-electron chi connectivity index (χ2n) is 11.5. The van der Waals surface area contributed by atoms with Crippen molar-refractivity contribution in [1.82, 2.24) is 39.0 Å². The van der Waals surface area contributed by atoms with Crippen molar-refractivity contribution in [3.05, 3.63) is 48.8 Å². The fourth-order valence-corrected chi connectivity index (χ4v) is 9.24. The molecule has 4 aromatic rings. The molecule has 10 atom stereocenters. The first-order valence-corrected chi connectivity index (χ1v) is 20.4. The molecule has 16 nitrogen and oxygen atoms in total. The van der Waals surface area contributed by atoms with E-state index in [9.17, 15) is 9.13 Å². The van der Waals surface area contributed by atoms with E-state index in [4.69, 9.17) is 27.6 Å². The Hall–Kier alpha value is -2.38. The van der Waals surface area contributed by atoms with Gasteiger partial charge in [0.2, 0.25) is 0 Å². The number of ether oxygens (including phenoxy) is 2. The highest BCUT2D eigenvalue weighted by Gasteiger charge is 2.54. The Morgan fingerprint density at radius 3 is 1.56 bits per heavy atom. The Bertz CT molecular complexity index is 1850. The van der Waals surface area contributed by atoms with Gasteiger partial charge in [0.25, 0.3) is 0 Å². The normalized spacial score (nSPS) is 38.3. The topological polar surface area (TPSA) is 177 Å². The van der Waals surface area contributed by atoms with Gasteiger partial charge in [0.05, 0.1) is 37.3 Å². The van der Waals surface area contributed by atoms with Crippen LogP contribution in [-0.2, 0) is 49.5 Å². The van der Waals surface area contributed by atoms with Crippen LogP contribution >= 0.6 is 38.1 Å². The molecule has 0 saturated carbocycles. The number of aryl methyl sites for hydroxylation is 2. The number of alkyl halides is 2. The molecule has 3 saturated heterocycles. The van der Waals surface area contributed by atoms with Crippen LogP contribution in [0, 0.1) is 0 Å². The number of fused-ring (bicyclic) bond motifs is 10. The summed E-state index contributed by atoms with van der Waals surface area (Å²) in [5, 5.41) is 0. The van der Waals surface area contributed by atoms with E-state index in [1.165, 1.54) is 34.4 Å². The highest BCUT2D eigenvalue weighted by Crippen LogP contribution is 2.60. The average Bonchev–Trinajstić information content (AvgIpc) is 3.81. The Kier molecular flexibility index (Phi) is 8.71. The second kappa shape index (κ2) is 12.7. The minimum absolute atomic E-state index is 0.290. The molecule has 3 fully saturated rings. The number of halogens is 2. The summed E-state index contributed by atoms with van der Waals surface area (Å²) in [5.74, 6) is 0. The maximum absolute atomic E-state index is 16.2.